The number of fused-ring (bicyclic) bond motifs is 1. The van der Waals surface area contributed by atoms with E-state index in [1.54, 1.807) is 25.1 Å². The van der Waals surface area contributed by atoms with Crippen molar-refractivity contribution < 1.29 is 13.5 Å². The first-order valence-corrected chi connectivity index (χ1v) is 6.19. The lowest BCUT2D eigenvalue weighted by Crippen LogP contribution is -1.98. The summed E-state index contributed by atoms with van der Waals surface area (Å²) in [5.74, 6) is 0.200. The van der Waals surface area contributed by atoms with Gasteiger partial charge in [-0.15, -0.1) is 0 Å². The number of aryl methyl sites for hydroxylation is 1. The van der Waals surface area contributed by atoms with Gasteiger partial charge in [0.2, 0.25) is 0 Å². The Balaban J connectivity index is 2.55. The molecule has 1 aliphatic heterocycles. The maximum atomic E-state index is 11.5. The fourth-order valence-corrected chi connectivity index (χ4v) is 3.26. The van der Waals surface area contributed by atoms with Gasteiger partial charge in [-0.05, 0) is 30.5 Å². The third-order valence-electron chi connectivity index (χ3n) is 2.54. The predicted molar refractivity (Wildman–Crippen MR) is 52.8 cm³/mol. The van der Waals surface area contributed by atoms with Gasteiger partial charge in [-0.1, -0.05) is 12.1 Å². The normalized spacial score (nSPS) is 20.4. The van der Waals surface area contributed by atoms with E-state index in [1.807, 2.05) is 0 Å². The molecule has 1 aromatic carbocycles. The Labute approximate surface area is 83.3 Å². The van der Waals surface area contributed by atoms with Gasteiger partial charge in [-0.25, -0.2) is 8.42 Å². The van der Waals surface area contributed by atoms with Gasteiger partial charge >= 0.3 is 0 Å². The molecule has 76 valence electrons. The maximum Gasteiger partial charge on any atom is 0.178 e. The zero-order chi connectivity index (χ0) is 10.3. The number of rotatable bonds is 1. The molecule has 1 atom stereocenters. The molecule has 3 nitrogen and oxygen atoms in total. The molecule has 0 fully saturated rings. The van der Waals surface area contributed by atoms with E-state index in [0.29, 0.717) is 11.3 Å². The van der Waals surface area contributed by atoms with E-state index >= 15 is 0 Å². The van der Waals surface area contributed by atoms with Gasteiger partial charge in [0.05, 0.1) is 16.8 Å². The van der Waals surface area contributed by atoms with Gasteiger partial charge in [0.1, 0.15) is 0 Å². The molecule has 1 heterocycles. The Kier molecular flexibility index (Phi) is 2.12. The van der Waals surface area contributed by atoms with Gasteiger partial charge in [-0.3, -0.25) is 0 Å². The average molecular weight is 212 g/mol. The number of sulfone groups is 1. The molecule has 0 aliphatic carbocycles. The Morgan fingerprint density at radius 1 is 1.43 bits per heavy atom. The summed E-state index contributed by atoms with van der Waals surface area (Å²) in [5, 5.41) is 9.34. The molecule has 0 radical (unpaired) electrons. The van der Waals surface area contributed by atoms with Crippen LogP contribution in [0, 0.1) is 0 Å². The second-order valence-electron chi connectivity index (χ2n) is 3.61. The van der Waals surface area contributed by atoms with Crippen molar-refractivity contribution in [1.82, 2.24) is 0 Å². The lowest BCUT2D eigenvalue weighted by Gasteiger charge is -2.06. The summed E-state index contributed by atoms with van der Waals surface area (Å²) < 4.78 is 22.9. The largest absolute Gasteiger partial charge is 0.389 e. The van der Waals surface area contributed by atoms with Crippen LogP contribution in [0.15, 0.2) is 23.1 Å². The van der Waals surface area contributed by atoms with Crippen LogP contribution in [-0.2, 0) is 16.3 Å². The molecule has 0 bridgehead atoms. The fraction of sp³-hybridized carbons (Fsp3) is 0.400. The first kappa shape index (κ1) is 9.68. The van der Waals surface area contributed by atoms with Crippen LogP contribution < -0.4 is 0 Å². The number of hydrogen-bond donors (Lipinski definition) is 1. The van der Waals surface area contributed by atoms with E-state index < -0.39 is 15.9 Å². The molecule has 1 aliphatic rings. The first-order chi connectivity index (χ1) is 6.50. The van der Waals surface area contributed by atoms with Crippen molar-refractivity contribution in [2.45, 2.75) is 24.3 Å². The zero-order valence-electron chi connectivity index (χ0n) is 7.90. The Hall–Kier alpha value is -0.870. The molecule has 0 aromatic heterocycles. The highest BCUT2D eigenvalue weighted by Crippen LogP contribution is 2.28. The van der Waals surface area contributed by atoms with Gasteiger partial charge in [0.15, 0.2) is 9.84 Å². The third kappa shape index (κ3) is 1.44. The molecule has 1 N–H and O–H groups in total. The van der Waals surface area contributed by atoms with Crippen molar-refractivity contribution in [3.63, 3.8) is 0 Å². The van der Waals surface area contributed by atoms with Crippen LogP contribution >= 0.6 is 0 Å². The number of hydrogen-bond acceptors (Lipinski definition) is 3. The maximum absolute atomic E-state index is 11.5. The fourth-order valence-electron chi connectivity index (χ4n) is 1.71. The first-order valence-electron chi connectivity index (χ1n) is 4.54. The van der Waals surface area contributed by atoms with Crippen LogP contribution in [-0.4, -0.2) is 19.3 Å². The van der Waals surface area contributed by atoms with Crippen molar-refractivity contribution >= 4 is 9.84 Å². The van der Waals surface area contributed by atoms with E-state index in [2.05, 4.69) is 0 Å². The van der Waals surface area contributed by atoms with Crippen LogP contribution in [0.2, 0.25) is 0 Å². The van der Waals surface area contributed by atoms with Crippen LogP contribution in [0.25, 0.3) is 0 Å². The van der Waals surface area contributed by atoms with Crippen LogP contribution in [0.1, 0.15) is 24.2 Å². The number of aliphatic hydroxyl groups excluding tert-OH is 1. The molecule has 0 spiro atoms. The molecular formula is C10H12O3S. The van der Waals surface area contributed by atoms with Crippen LogP contribution in [0.4, 0.5) is 0 Å². The quantitative estimate of drug-likeness (QED) is 0.757. The summed E-state index contributed by atoms with van der Waals surface area (Å²) in [6, 6.07) is 5.05. The minimum absolute atomic E-state index is 0.200. The van der Waals surface area contributed by atoms with E-state index in [9.17, 15) is 13.5 Å². The molecule has 2 rings (SSSR count). The molecule has 0 amide bonds. The summed E-state index contributed by atoms with van der Waals surface area (Å²) >= 11 is 0. The standard InChI is InChI=1S/C10H12O3S/c1-7(11)8-2-3-10-9(6-8)4-5-14(10,12)13/h2-3,6-7,11H,4-5H2,1H3. The summed E-state index contributed by atoms with van der Waals surface area (Å²) in [7, 11) is -3.03. The lowest BCUT2D eigenvalue weighted by atomic mass is 10.1. The minimum Gasteiger partial charge on any atom is -0.389 e. The second-order valence-corrected chi connectivity index (χ2v) is 5.69. The van der Waals surface area contributed by atoms with E-state index in [4.69, 9.17) is 0 Å². The summed E-state index contributed by atoms with van der Waals surface area (Å²) in [6.07, 6.45) is 0.0294. The SMILES string of the molecule is CC(O)c1ccc2c(c1)CCS2(=O)=O. The van der Waals surface area contributed by atoms with Gasteiger partial charge in [-0.2, -0.15) is 0 Å². The van der Waals surface area contributed by atoms with E-state index in [0.717, 1.165) is 11.1 Å². The number of aliphatic hydroxyl groups is 1. The van der Waals surface area contributed by atoms with Gasteiger partial charge in [0.25, 0.3) is 0 Å². The predicted octanol–water partition coefficient (Wildman–Crippen LogP) is 1.07. The Morgan fingerprint density at radius 3 is 2.79 bits per heavy atom. The molecule has 4 heteroatoms. The van der Waals surface area contributed by atoms with Crippen LogP contribution in [0.5, 0.6) is 0 Å². The molecule has 1 unspecified atom stereocenters. The topological polar surface area (TPSA) is 54.4 Å². The van der Waals surface area contributed by atoms with Crippen LogP contribution in [0.3, 0.4) is 0 Å². The van der Waals surface area contributed by atoms with Gasteiger partial charge < -0.3 is 5.11 Å². The second kappa shape index (κ2) is 3.07. The van der Waals surface area contributed by atoms with Crippen molar-refractivity contribution in [1.29, 1.82) is 0 Å². The molecule has 1 aromatic rings. The molecular weight excluding hydrogens is 200 g/mol. The minimum atomic E-state index is -3.03. The van der Waals surface area contributed by atoms with Crippen molar-refractivity contribution in [3.8, 4) is 0 Å². The van der Waals surface area contributed by atoms with E-state index in [1.165, 1.54) is 0 Å². The average Bonchev–Trinajstić information content (AvgIpc) is 2.42. The number of benzene rings is 1. The lowest BCUT2D eigenvalue weighted by molar-refractivity contribution is 0.199. The molecule has 0 saturated heterocycles. The molecule has 0 saturated carbocycles. The highest BCUT2D eigenvalue weighted by atomic mass is 32.2. The summed E-state index contributed by atoms with van der Waals surface area (Å²) in [6.45, 7) is 1.67. The third-order valence-corrected chi connectivity index (χ3v) is 4.35. The van der Waals surface area contributed by atoms with Crippen molar-refractivity contribution in [2.24, 2.45) is 0 Å². The Morgan fingerprint density at radius 2 is 2.14 bits per heavy atom. The highest BCUT2D eigenvalue weighted by Gasteiger charge is 2.26. The highest BCUT2D eigenvalue weighted by molar-refractivity contribution is 7.91. The van der Waals surface area contributed by atoms with Gasteiger partial charge in [0, 0.05) is 0 Å². The Bertz CT molecular complexity index is 460. The molecule has 14 heavy (non-hydrogen) atoms. The zero-order valence-corrected chi connectivity index (χ0v) is 8.71. The summed E-state index contributed by atoms with van der Waals surface area (Å²) in [4.78, 5) is 0.432. The van der Waals surface area contributed by atoms with Crippen molar-refractivity contribution in [2.75, 3.05) is 5.75 Å². The smallest absolute Gasteiger partial charge is 0.178 e. The van der Waals surface area contributed by atoms with E-state index in [-0.39, 0.29) is 5.75 Å². The summed E-state index contributed by atoms with van der Waals surface area (Å²) in [5.41, 5.74) is 1.62. The monoisotopic (exact) mass is 212 g/mol. The van der Waals surface area contributed by atoms with Crippen molar-refractivity contribution in [3.05, 3.63) is 29.3 Å².